The molecule has 1 fully saturated rings. The summed E-state index contributed by atoms with van der Waals surface area (Å²) in [7, 11) is 0. The normalized spacial score (nSPS) is 18.8. The van der Waals surface area contributed by atoms with Gasteiger partial charge in [0.2, 0.25) is 5.95 Å². The van der Waals surface area contributed by atoms with Gasteiger partial charge in [0.1, 0.15) is 6.10 Å². The van der Waals surface area contributed by atoms with Gasteiger partial charge in [0, 0.05) is 18.4 Å². The van der Waals surface area contributed by atoms with Crippen molar-refractivity contribution in [1.29, 1.82) is 0 Å². The Kier molecular flexibility index (Phi) is 4.29. The third-order valence-corrected chi connectivity index (χ3v) is 4.19. The highest BCUT2D eigenvalue weighted by Crippen LogP contribution is 2.29. The molecule has 0 unspecified atom stereocenters. The van der Waals surface area contributed by atoms with Crippen molar-refractivity contribution in [3.05, 3.63) is 51.8 Å². The Labute approximate surface area is 133 Å². The number of nitrogens with zero attached hydrogens (tertiary/aromatic N) is 3. The molecular formula is C15H15Cl2N3O. The van der Waals surface area contributed by atoms with Gasteiger partial charge in [-0.25, -0.2) is 9.97 Å². The molecule has 110 valence electrons. The number of aromatic nitrogens is 2. The molecule has 0 amide bonds. The Morgan fingerprint density at radius 2 is 2.10 bits per heavy atom. The lowest BCUT2D eigenvalue weighted by Gasteiger charge is -2.33. The summed E-state index contributed by atoms with van der Waals surface area (Å²) in [5, 5.41) is 1.09. The highest BCUT2D eigenvalue weighted by atomic mass is 35.5. The summed E-state index contributed by atoms with van der Waals surface area (Å²) in [6.45, 7) is 4.06. The van der Waals surface area contributed by atoms with Crippen LogP contribution < -0.4 is 4.90 Å². The van der Waals surface area contributed by atoms with E-state index in [0.29, 0.717) is 23.2 Å². The number of aryl methyl sites for hydroxylation is 1. The Bertz CT molecular complexity index is 651. The van der Waals surface area contributed by atoms with E-state index in [1.807, 2.05) is 25.1 Å². The number of hydrogen-bond acceptors (Lipinski definition) is 4. The van der Waals surface area contributed by atoms with E-state index in [4.69, 9.17) is 27.9 Å². The maximum Gasteiger partial charge on any atom is 0.225 e. The van der Waals surface area contributed by atoms with Crippen molar-refractivity contribution in [1.82, 2.24) is 9.97 Å². The number of rotatable bonds is 2. The van der Waals surface area contributed by atoms with Crippen molar-refractivity contribution in [2.45, 2.75) is 13.0 Å². The van der Waals surface area contributed by atoms with Gasteiger partial charge < -0.3 is 9.64 Å². The highest BCUT2D eigenvalue weighted by molar-refractivity contribution is 6.42. The molecule has 1 aromatic carbocycles. The molecule has 2 aromatic rings. The summed E-state index contributed by atoms with van der Waals surface area (Å²) < 4.78 is 5.84. The molecule has 1 saturated heterocycles. The minimum atomic E-state index is -0.0578. The van der Waals surface area contributed by atoms with E-state index in [2.05, 4.69) is 14.9 Å². The first-order valence-electron chi connectivity index (χ1n) is 6.74. The zero-order valence-corrected chi connectivity index (χ0v) is 13.1. The van der Waals surface area contributed by atoms with E-state index in [-0.39, 0.29) is 6.10 Å². The van der Waals surface area contributed by atoms with Gasteiger partial charge in [0.25, 0.3) is 0 Å². The van der Waals surface area contributed by atoms with Crippen LogP contribution in [-0.4, -0.2) is 29.7 Å². The molecule has 0 bridgehead atoms. The van der Waals surface area contributed by atoms with Crippen LogP contribution in [0.5, 0.6) is 0 Å². The van der Waals surface area contributed by atoms with E-state index in [1.54, 1.807) is 12.3 Å². The summed E-state index contributed by atoms with van der Waals surface area (Å²) in [6.07, 6.45) is 1.72. The number of hydrogen-bond donors (Lipinski definition) is 0. The van der Waals surface area contributed by atoms with Crippen LogP contribution in [0.25, 0.3) is 0 Å². The average molecular weight is 324 g/mol. The molecule has 3 rings (SSSR count). The molecule has 0 radical (unpaired) electrons. The van der Waals surface area contributed by atoms with Crippen LogP contribution >= 0.6 is 23.2 Å². The molecule has 1 aromatic heterocycles. The third-order valence-electron chi connectivity index (χ3n) is 3.45. The van der Waals surface area contributed by atoms with Crippen molar-refractivity contribution < 1.29 is 4.74 Å². The Hall–Kier alpha value is -1.36. The number of morpholine rings is 1. The highest BCUT2D eigenvalue weighted by Gasteiger charge is 2.24. The standard InChI is InChI=1S/C15H15Cl2N3O/c1-10-4-5-18-15(19-10)20-6-7-21-14(9-20)11-2-3-12(16)13(17)8-11/h2-5,8,14H,6-7,9H2,1H3/t14-/m1/s1. The van der Waals surface area contributed by atoms with Gasteiger partial charge in [0.05, 0.1) is 23.2 Å². The molecule has 0 spiro atoms. The van der Waals surface area contributed by atoms with E-state index in [1.165, 1.54) is 0 Å². The van der Waals surface area contributed by atoms with Gasteiger partial charge in [-0.2, -0.15) is 0 Å². The van der Waals surface area contributed by atoms with E-state index >= 15 is 0 Å². The van der Waals surface area contributed by atoms with Crippen molar-refractivity contribution in [3.8, 4) is 0 Å². The Balaban J connectivity index is 1.80. The fourth-order valence-corrected chi connectivity index (χ4v) is 2.64. The molecule has 0 N–H and O–H groups in total. The molecule has 2 heterocycles. The fourth-order valence-electron chi connectivity index (χ4n) is 2.33. The molecule has 0 saturated carbocycles. The summed E-state index contributed by atoms with van der Waals surface area (Å²) >= 11 is 12.0. The van der Waals surface area contributed by atoms with Gasteiger partial charge in [-0.15, -0.1) is 0 Å². The molecule has 21 heavy (non-hydrogen) atoms. The molecular weight excluding hydrogens is 309 g/mol. The van der Waals surface area contributed by atoms with Crippen LogP contribution in [0, 0.1) is 6.92 Å². The van der Waals surface area contributed by atoms with Crippen LogP contribution in [0.1, 0.15) is 17.4 Å². The van der Waals surface area contributed by atoms with Crippen LogP contribution in [0.4, 0.5) is 5.95 Å². The largest absolute Gasteiger partial charge is 0.370 e. The molecule has 6 heteroatoms. The molecule has 0 aliphatic carbocycles. The van der Waals surface area contributed by atoms with Gasteiger partial charge >= 0.3 is 0 Å². The lowest BCUT2D eigenvalue weighted by molar-refractivity contribution is 0.0392. The Morgan fingerprint density at radius 3 is 2.86 bits per heavy atom. The molecule has 1 atom stereocenters. The zero-order valence-electron chi connectivity index (χ0n) is 11.6. The smallest absolute Gasteiger partial charge is 0.225 e. The topological polar surface area (TPSA) is 38.2 Å². The van der Waals surface area contributed by atoms with Crippen LogP contribution in [-0.2, 0) is 4.74 Å². The Morgan fingerprint density at radius 1 is 1.24 bits per heavy atom. The first kappa shape index (κ1) is 14.6. The van der Waals surface area contributed by atoms with Crippen LogP contribution in [0.2, 0.25) is 10.0 Å². The van der Waals surface area contributed by atoms with E-state index in [9.17, 15) is 0 Å². The van der Waals surface area contributed by atoms with Gasteiger partial charge in [-0.3, -0.25) is 0 Å². The zero-order chi connectivity index (χ0) is 14.8. The van der Waals surface area contributed by atoms with Gasteiger partial charge in [-0.05, 0) is 30.7 Å². The predicted molar refractivity (Wildman–Crippen MR) is 84.1 cm³/mol. The SMILES string of the molecule is Cc1ccnc(N2CCO[C@@H](c3ccc(Cl)c(Cl)c3)C2)n1. The predicted octanol–water partition coefficient (Wildman–Crippen LogP) is 3.67. The van der Waals surface area contributed by atoms with Crippen molar-refractivity contribution in [2.24, 2.45) is 0 Å². The number of benzene rings is 1. The molecule has 1 aliphatic rings. The average Bonchev–Trinajstić information content (AvgIpc) is 2.50. The maximum atomic E-state index is 6.08. The number of anilines is 1. The lowest BCUT2D eigenvalue weighted by atomic mass is 10.1. The number of ether oxygens (including phenoxy) is 1. The van der Waals surface area contributed by atoms with E-state index in [0.717, 1.165) is 23.8 Å². The number of halogens is 2. The summed E-state index contributed by atoms with van der Waals surface area (Å²) in [5.74, 6) is 0.739. The second kappa shape index (κ2) is 6.18. The van der Waals surface area contributed by atoms with Crippen molar-refractivity contribution in [3.63, 3.8) is 0 Å². The quantitative estimate of drug-likeness (QED) is 0.845. The summed E-state index contributed by atoms with van der Waals surface area (Å²) in [6, 6.07) is 7.49. The fraction of sp³-hybridized carbons (Fsp3) is 0.333. The summed E-state index contributed by atoms with van der Waals surface area (Å²) in [4.78, 5) is 10.9. The van der Waals surface area contributed by atoms with E-state index < -0.39 is 0 Å². The third kappa shape index (κ3) is 3.28. The van der Waals surface area contributed by atoms with Crippen LogP contribution in [0.15, 0.2) is 30.5 Å². The second-order valence-electron chi connectivity index (χ2n) is 4.98. The monoisotopic (exact) mass is 323 g/mol. The molecule has 1 aliphatic heterocycles. The first-order valence-corrected chi connectivity index (χ1v) is 7.50. The second-order valence-corrected chi connectivity index (χ2v) is 5.79. The lowest BCUT2D eigenvalue weighted by Crippen LogP contribution is -2.39. The van der Waals surface area contributed by atoms with Gasteiger partial charge in [0.15, 0.2) is 0 Å². The molecule has 4 nitrogen and oxygen atoms in total. The van der Waals surface area contributed by atoms with Gasteiger partial charge in [-0.1, -0.05) is 29.3 Å². The van der Waals surface area contributed by atoms with Crippen LogP contribution in [0.3, 0.4) is 0 Å². The van der Waals surface area contributed by atoms with Crippen molar-refractivity contribution in [2.75, 3.05) is 24.6 Å². The summed E-state index contributed by atoms with van der Waals surface area (Å²) in [5.41, 5.74) is 1.97. The first-order chi connectivity index (χ1) is 10.1. The van der Waals surface area contributed by atoms with Crippen molar-refractivity contribution >= 4 is 29.2 Å². The minimum absolute atomic E-state index is 0.0578. The maximum absolute atomic E-state index is 6.08. The minimum Gasteiger partial charge on any atom is -0.370 e.